The molecule has 1 aromatic rings. The number of rotatable bonds is 5. The van der Waals surface area contributed by atoms with Gasteiger partial charge in [0.25, 0.3) is 6.43 Å². The summed E-state index contributed by atoms with van der Waals surface area (Å²) >= 11 is 0. The zero-order valence-electron chi connectivity index (χ0n) is 12.5. The second-order valence-corrected chi connectivity index (χ2v) is 6.11. The molecule has 0 unspecified atom stereocenters. The third kappa shape index (κ3) is 3.42. The van der Waals surface area contributed by atoms with Crippen LogP contribution >= 0.6 is 0 Å². The molecule has 9 heteroatoms. The van der Waals surface area contributed by atoms with Gasteiger partial charge in [0.15, 0.2) is 6.61 Å². The average Bonchev–Trinajstić information content (AvgIpc) is 3.21. The van der Waals surface area contributed by atoms with Crippen molar-refractivity contribution in [3.05, 3.63) is 11.3 Å². The molecular weight excluding hydrogens is 318 g/mol. The van der Waals surface area contributed by atoms with Gasteiger partial charge in [0.1, 0.15) is 5.82 Å². The molecule has 1 heterocycles. The molecule has 0 saturated heterocycles. The zero-order valence-corrected chi connectivity index (χ0v) is 12.5. The third-order valence-corrected chi connectivity index (χ3v) is 4.11. The van der Waals surface area contributed by atoms with Crippen molar-refractivity contribution in [2.45, 2.75) is 56.9 Å². The van der Waals surface area contributed by atoms with Crippen LogP contribution < -0.4 is 5.32 Å². The predicted molar refractivity (Wildman–Crippen MR) is 73.1 cm³/mol. The number of halogens is 4. The lowest BCUT2D eigenvalue weighted by Crippen LogP contribution is -2.34. The molecule has 1 aromatic heterocycles. The SMILES string of the molecule is Cc1c(C2CC(F)(F)C2)nn(C2CC2)c1NC(=O)OCC(F)F. The van der Waals surface area contributed by atoms with Gasteiger partial charge in [-0.3, -0.25) is 5.32 Å². The summed E-state index contributed by atoms with van der Waals surface area (Å²) in [6, 6.07) is 0.105. The van der Waals surface area contributed by atoms with Crippen LogP contribution in [0.15, 0.2) is 0 Å². The molecule has 0 spiro atoms. The second-order valence-electron chi connectivity index (χ2n) is 6.11. The Morgan fingerprint density at radius 2 is 2.09 bits per heavy atom. The van der Waals surface area contributed by atoms with E-state index >= 15 is 0 Å². The van der Waals surface area contributed by atoms with Crippen LogP contribution in [0.2, 0.25) is 0 Å². The molecule has 1 N–H and O–H groups in total. The maximum Gasteiger partial charge on any atom is 0.413 e. The summed E-state index contributed by atoms with van der Waals surface area (Å²) in [5.74, 6) is -2.66. The summed E-state index contributed by atoms with van der Waals surface area (Å²) in [6.45, 7) is 0.685. The number of hydrogen-bond acceptors (Lipinski definition) is 3. The minimum absolute atomic E-state index is 0.105. The fourth-order valence-electron chi connectivity index (χ4n) is 2.78. The van der Waals surface area contributed by atoms with Crippen molar-refractivity contribution >= 4 is 11.9 Å². The Morgan fingerprint density at radius 1 is 1.43 bits per heavy atom. The van der Waals surface area contributed by atoms with Crippen molar-refractivity contribution in [1.29, 1.82) is 0 Å². The van der Waals surface area contributed by atoms with E-state index in [1.54, 1.807) is 11.6 Å². The van der Waals surface area contributed by atoms with Gasteiger partial charge in [-0.25, -0.2) is 27.0 Å². The molecule has 23 heavy (non-hydrogen) atoms. The van der Waals surface area contributed by atoms with Crippen molar-refractivity contribution in [3.63, 3.8) is 0 Å². The Labute approximate surface area is 130 Å². The molecule has 0 aromatic carbocycles. The molecule has 128 valence electrons. The van der Waals surface area contributed by atoms with Crippen LogP contribution in [-0.4, -0.2) is 34.8 Å². The lowest BCUT2D eigenvalue weighted by molar-refractivity contribution is -0.0878. The summed E-state index contributed by atoms with van der Waals surface area (Å²) < 4.78 is 56.3. The van der Waals surface area contributed by atoms with E-state index in [0.717, 1.165) is 12.8 Å². The van der Waals surface area contributed by atoms with E-state index in [1.807, 2.05) is 0 Å². The maximum atomic E-state index is 13.1. The van der Waals surface area contributed by atoms with Crippen molar-refractivity contribution in [2.75, 3.05) is 11.9 Å². The highest BCUT2D eigenvalue weighted by Gasteiger charge is 2.48. The van der Waals surface area contributed by atoms with Gasteiger partial charge < -0.3 is 4.74 Å². The van der Waals surface area contributed by atoms with Gasteiger partial charge in [0.05, 0.1) is 11.7 Å². The van der Waals surface area contributed by atoms with Crippen LogP contribution in [0.25, 0.3) is 0 Å². The molecule has 1 amide bonds. The van der Waals surface area contributed by atoms with E-state index in [0.29, 0.717) is 17.1 Å². The Balaban J connectivity index is 1.76. The minimum Gasteiger partial charge on any atom is -0.443 e. The largest absolute Gasteiger partial charge is 0.443 e. The molecule has 0 aliphatic heterocycles. The molecule has 2 aliphatic rings. The van der Waals surface area contributed by atoms with E-state index < -0.39 is 25.0 Å². The molecule has 0 radical (unpaired) electrons. The number of carbonyl (C=O) groups excluding carboxylic acids is 1. The Bertz CT molecular complexity index is 605. The van der Waals surface area contributed by atoms with E-state index in [4.69, 9.17) is 0 Å². The quantitative estimate of drug-likeness (QED) is 0.832. The number of carbonyl (C=O) groups is 1. The lowest BCUT2D eigenvalue weighted by Gasteiger charge is -2.34. The molecule has 0 bridgehead atoms. The summed E-state index contributed by atoms with van der Waals surface area (Å²) in [5.41, 5.74) is 1.12. The summed E-state index contributed by atoms with van der Waals surface area (Å²) in [7, 11) is 0. The van der Waals surface area contributed by atoms with Gasteiger partial charge in [-0.2, -0.15) is 5.10 Å². The van der Waals surface area contributed by atoms with Crippen LogP contribution in [0, 0.1) is 6.92 Å². The molecular formula is C14H17F4N3O2. The molecule has 5 nitrogen and oxygen atoms in total. The minimum atomic E-state index is -2.75. The van der Waals surface area contributed by atoms with Crippen LogP contribution in [0.1, 0.15) is 48.9 Å². The molecule has 3 rings (SSSR count). The zero-order chi connectivity index (χ0) is 16.8. The highest BCUT2D eigenvalue weighted by Crippen LogP contribution is 2.50. The number of anilines is 1. The number of nitrogens with zero attached hydrogens (tertiary/aromatic N) is 2. The first-order valence-corrected chi connectivity index (χ1v) is 7.45. The molecule has 2 saturated carbocycles. The van der Waals surface area contributed by atoms with Gasteiger partial charge in [0.2, 0.25) is 5.92 Å². The first-order valence-electron chi connectivity index (χ1n) is 7.45. The van der Waals surface area contributed by atoms with E-state index in [-0.39, 0.29) is 24.8 Å². The van der Waals surface area contributed by atoms with Crippen molar-refractivity contribution in [3.8, 4) is 0 Å². The van der Waals surface area contributed by atoms with Crippen LogP contribution in [0.3, 0.4) is 0 Å². The van der Waals surface area contributed by atoms with Gasteiger partial charge in [-0.1, -0.05) is 0 Å². The normalized spacial score (nSPS) is 20.4. The Morgan fingerprint density at radius 3 is 2.61 bits per heavy atom. The number of aromatic nitrogens is 2. The van der Waals surface area contributed by atoms with Crippen molar-refractivity contribution in [2.24, 2.45) is 0 Å². The topological polar surface area (TPSA) is 56.2 Å². The Kier molecular flexibility index (Phi) is 3.97. The van der Waals surface area contributed by atoms with Crippen LogP contribution in [0.5, 0.6) is 0 Å². The maximum absolute atomic E-state index is 13.1. The van der Waals surface area contributed by atoms with Crippen LogP contribution in [-0.2, 0) is 4.74 Å². The first kappa shape index (κ1) is 16.1. The number of alkyl halides is 4. The number of amides is 1. The standard InChI is InChI=1S/C14H17F4N3O2/c1-7-11(8-4-14(17,18)5-8)20-21(9-2-3-9)12(7)19-13(22)23-6-10(15)16/h8-10H,2-6H2,1H3,(H,19,22). The fourth-order valence-corrected chi connectivity index (χ4v) is 2.78. The van der Waals surface area contributed by atoms with Gasteiger partial charge in [-0.05, 0) is 19.8 Å². The molecule has 0 atom stereocenters. The van der Waals surface area contributed by atoms with Gasteiger partial charge >= 0.3 is 6.09 Å². The highest BCUT2D eigenvalue weighted by atomic mass is 19.3. The van der Waals surface area contributed by atoms with Crippen molar-refractivity contribution in [1.82, 2.24) is 9.78 Å². The fraction of sp³-hybridized carbons (Fsp3) is 0.714. The molecule has 2 aliphatic carbocycles. The van der Waals surface area contributed by atoms with Gasteiger partial charge in [-0.15, -0.1) is 0 Å². The van der Waals surface area contributed by atoms with E-state index in [1.165, 1.54) is 0 Å². The first-order chi connectivity index (χ1) is 10.8. The smallest absolute Gasteiger partial charge is 0.413 e. The van der Waals surface area contributed by atoms with Crippen molar-refractivity contribution < 1.29 is 27.1 Å². The van der Waals surface area contributed by atoms with Gasteiger partial charge in [0, 0.05) is 24.3 Å². The number of nitrogens with one attached hydrogen (secondary N) is 1. The third-order valence-electron chi connectivity index (χ3n) is 4.11. The monoisotopic (exact) mass is 335 g/mol. The molecule has 2 fully saturated rings. The number of ether oxygens (including phenoxy) is 1. The lowest BCUT2D eigenvalue weighted by atomic mass is 9.78. The predicted octanol–water partition coefficient (Wildman–Crippen LogP) is 3.85. The second kappa shape index (κ2) is 5.68. The Hall–Kier alpha value is -1.80. The summed E-state index contributed by atoms with van der Waals surface area (Å²) in [4.78, 5) is 11.6. The van der Waals surface area contributed by atoms with E-state index in [9.17, 15) is 22.4 Å². The average molecular weight is 335 g/mol. The van der Waals surface area contributed by atoms with E-state index in [2.05, 4.69) is 15.2 Å². The number of hydrogen-bond donors (Lipinski definition) is 1. The highest BCUT2D eigenvalue weighted by molar-refractivity contribution is 5.84. The van der Waals surface area contributed by atoms with Crippen LogP contribution in [0.4, 0.5) is 28.2 Å². The summed E-state index contributed by atoms with van der Waals surface area (Å²) in [6.07, 6.45) is -2.51. The summed E-state index contributed by atoms with van der Waals surface area (Å²) in [5, 5.41) is 6.79.